The molecular weight excluding hydrogens is 572 g/mol. The average Bonchev–Trinajstić information content (AvgIpc) is 3.01. The summed E-state index contributed by atoms with van der Waals surface area (Å²) in [6.07, 6.45) is 24.7. The molecule has 45 heavy (non-hydrogen) atoms. The Balaban J connectivity index is 0. The molecule has 0 spiro atoms. The Labute approximate surface area is 276 Å². The summed E-state index contributed by atoms with van der Waals surface area (Å²) < 4.78 is 16.1. The van der Waals surface area contributed by atoms with Gasteiger partial charge >= 0.3 is 23.9 Å². The van der Waals surface area contributed by atoms with Gasteiger partial charge in [0, 0.05) is 25.7 Å². The van der Waals surface area contributed by atoms with Crippen molar-refractivity contribution in [1.82, 2.24) is 0 Å². The Hall–Kier alpha value is -2.12. The third-order valence-corrected chi connectivity index (χ3v) is 7.61. The van der Waals surface area contributed by atoms with E-state index in [9.17, 15) is 19.2 Å². The van der Waals surface area contributed by atoms with Crippen LogP contribution >= 0.6 is 0 Å². The van der Waals surface area contributed by atoms with Gasteiger partial charge in [-0.05, 0) is 25.7 Å². The van der Waals surface area contributed by atoms with Gasteiger partial charge in [-0.25, -0.2) is 0 Å². The molecule has 0 fully saturated rings. The van der Waals surface area contributed by atoms with Crippen molar-refractivity contribution < 1.29 is 38.5 Å². The van der Waals surface area contributed by atoms with Gasteiger partial charge in [-0.1, -0.05) is 143 Å². The van der Waals surface area contributed by atoms with Crippen LogP contribution in [0.3, 0.4) is 0 Å². The first kappa shape index (κ1) is 45.0. The van der Waals surface area contributed by atoms with E-state index in [1.54, 1.807) is 0 Å². The maximum Gasteiger partial charge on any atom is 0.306 e. The molecule has 266 valence electrons. The van der Waals surface area contributed by atoms with Crippen LogP contribution in [-0.2, 0) is 33.4 Å². The maximum absolute atomic E-state index is 12.2. The van der Waals surface area contributed by atoms with Crippen molar-refractivity contribution in [2.45, 2.75) is 201 Å². The summed E-state index contributed by atoms with van der Waals surface area (Å²) in [4.78, 5) is 46.4. The number of ether oxygens (including phenoxy) is 3. The highest BCUT2D eigenvalue weighted by atomic mass is 16.6. The summed E-state index contributed by atoms with van der Waals surface area (Å²) in [5.74, 6) is -1.59. The van der Waals surface area contributed by atoms with Crippen LogP contribution < -0.4 is 0 Å². The van der Waals surface area contributed by atoms with Crippen LogP contribution in [0.1, 0.15) is 195 Å². The molecule has 0 rings (SSSR count). The number of hydrogen-bond acceptors (Lipinski definition) is 7. The second-order valence-electron chi connectivity index (χ2n) is 12.2. The van der Waals surface area contributed by atoms with Crippen molar-refractivity contribution in [1.29, 1.82) is 0 Å². The molecule has 0 radical (unpaired) electrons. The van der Waals surface area contributed by atoms with Gasteiger partial charge in [-0.3, -0.25) is 19.2 Å². The quantitative estimate of drug-likeness (QED) is 0.0451. The molecular formula is C37H70O8. The van der Waals surface area contributed by atoms with Crippen LogP contribution in [0.25, 0.3) is 0 Å². The van der Waals surface area contributed by atoms with E-state index in [0.29, 0.717) is 25.7 Å². The zero-order chi connectivity index (χ0) is 33.8. The number of hydrogen-bond donors (Lipinski definition) is 1. The van der Waals surface area contributed by atoms with Crippen molar-refractivity contribution in [3.05, 3.63) is 0 Å². The lowest BCUT2D eigenvalue weighted by Gasteiger charge is -2.18. The highest BCUT2D eigenvalue weighted by Crippen LogP contribution is 2.11. The Kier molecular flexibility index (Phi) is 36.4. The van der Waals surface area contributed by atoms with Crippen LogP contribution in [0.15, 0.2) is 0 Å². The van der Waals surface area contributed by atoms with E-state index in [1.165, 1.54) is 51.4 Å². The van der Waals surface area contributed by atoms with Crippen LogP contribution in [-0.4, -0.2) is 48.3 Å². The monoisotopic (exact) mass is 643 g/mol. The maximum atomic E-state index is 12.2. The third-order valence-electron chi connectivity index (χ3n) is 7.61. The van der Waals surface area contributed by atoms with Gasteiger partial charge in [0.15, 0.2) is 6.10 Å². The zero-order valence-corrected chi connectivity index (χ0v) is 29.7. The highest BCUT2D eigenvalue weighted by Gasteiger charge is 2.19. The predicted molar refractivity (Wildman–Crippen MR) is 182 cm³/mol. The van der Waals surface area contributed by atoms with Crippen molar-refractivity contribution in [2.24, 2.45) is 0 Å². The lowest BCUT2D eigenvalue weighted by atomic mass is 10.1. The Morgan fingerprint density at radius 3 is 1.04 bits per heavy atom. The minimum absolute atomic E-state index is 0.0703. The average molecular weight is 643 g/mol. The number of carbonyl (C=O) groups excluding carboxylic acids is 3. The molecule has 0 heterocycles. The predicted octanol–water partition coefficient (Wildman–Crippen LogP) is 10.3. The fraction of sp³-hybridized carbons (Fsp3) is 0.892. The van der Waals surface area contributed by atoms with E-state index in [-0.39, 0.29) is 31.1 Å². The molecule has 0 unspecified atom stereocenters. The largest absolute Gasteiger partial charge is 0.481 e. The second-order valence-corrected chi connectivity index (χ2v) is 12.2. The summed E-state index contributed by atoms with van der Waals surface area (Å²) in [6, 6.07) is 0. The lowest BCUT2D eigenvalue weighted by molar-refractivity contribution is -0.167. The Bertz CT molecular complexity index is 664. The second kappa shape index (κ2) is 36.3. The van der Waals surface area contributed by atoms with E-state index in [0.717, 1.165) is 89.9 Å². The van der Waals surface area contributed by atoms with Crippen molar-refractivity contribution in [3.8, 4) is 0 Å². The number of carbonyl (C=O) groups is 4. The summed E-state index contributed by atoms with van der Waals surface area (Å²) >= 11 is 0. The van der Waals surface area contributed by atoms with Crippen LogP contribution in [0, 0.1) is 0 Å². The molecule has 1 N–H and O–H groups in total. The van der Waals surface area contributed by atoms with Crippen molar-refractivity contribution >= 4 is 23.9 Å². The number of carboxylic acid groups (broad SMARTS) is 1. The van der Waals surface area contributed by atoms with Crippen LogP contribution in [0.4, 0.5) is 0 Å². The fourth-order valence-electron chi connectivity index (χ4n) is 4.73. The minimum atomic E-state index is -0.749. The zero-order valence-electron chi connectivity index (χ0n) is 29.7. The molecule has 0 aromatic carbocycles. The molecule has 0 amide bonds. The fourth-order valence-corrected chi connectivity index (χ4v) is 4.73. The van der Waals surface area contributed by atoms with Crippen LogP contribution in [0.5, 0.6) is 0 Å². The summed E-state index contributed by atoms with van der Waals surface area (Å²) in [5.41, 5.74) is 0. The smallest absolute Gasteiger partial charge is 0.306 e. The highest BCUT2D eigenvalue weighted by molar-refractivity contribution is 5.71. The van der Waals surface area contributed by atoms with Gasteiger partial charge in [-0.2, -0.15) is 0 Å². The molecule has 0 aliphatic heterocycles. The first-order chi connectivity index (χ1) is 21.8. The molecule has 0 aromatic rings. The number of aliphatic carboxylic acids is 1. The van der Waals surface area contributed by atoms with Gasteiger partial charge in [0.2, 0.25) is 0 Å². The standard InChI is InChI=1S/C27H50O6.C10H20O2/c1-4-7-10-13-16-19-25(28)31-22-24(33-27(30)21-18-15-12-9-6-3)23-32-26(29)20-17-14-11-8-5-2;1-2-3-4-5-6-7-8-9-10(11)12/h24H,4-23H2,1-3H3;2-9H2,1H3,(H,11,12). The van der Waals surface area contributed by atoms with Gasteiger partial charge in [0.1, 0.15) is 13.2 Å². The van der Waals surface area contributed by atoms with E-state index in [2.05, 4.69) is 27.7 Å². The summed E-state index contributed by atoms with van der Waals surface area (Å²) in [7, 11) is 0. The molecule has 0 atom stereocenters. The van der Waals surface area contributed by atoms with E-state index in [4.69, 9.17) is 19.3 Å². The molecule has 0 aliphatic carbocycles. The molecule has 8 heteroatoms. The Morgan fingerprint density at radius 2 is 0.711 bits per heavy atom. The van der Waals surface area contributed by atoms with Gasteiger partial charge in [0.05, 0.1) is 0 Å². The van der Waals surface area contributed by atoms with Gasteiger partial charge < -0.3 is 19.3 Å². The first-order valence-corrected chi connectivity index (χ1v) is 18.5. The third kappa shape index (κ3) is 38.0. The topological polar surface area (TPSA) is 116 Å². The van der Waals surface area contributed by atoms with Crippen molar-refractivity contribution in [3.63, 3.8) is 0 Å². The minimum Gasteiger partial charge on any atom is -0.481 e. The number of rotatable bonds is 31. The normalized spacial score (nSPS) is 10.7. The van der Waals surface area contributed by atoms with Crippen LogP contribution in [0.2, 0.25) is 0 Å². The SMILES string of the molecule is CCCCCCCC(=O)OCC(COC(=O)CCCCCCC)OC(=O)CCCCCCC.CCCCCCCCCC(=O)O. The molecule has 0 saturated heterocycles. The molecule has 0 aromatic heterocycles. The van der Waals surface area contributed by atoms with Gasteiger partial charge in [-0.15, -0.1) is 0 Å². The molecule has 8 nitrogen and oxygen atoms in total. The van der Waals surface area contributed by atoms with Gasteiger partial charge in [0.25, 0.3) is 0 Å². The molecule has 0 aliphatic rings. The number of carboxylic acids is 1. The summed E-state index contributed by atoms with van der Waals surface area (Å²) in [6.45, 7) is 8.51. The molecule has 0 bridgehead atoms. The van der Waals surface area contributed by atoms with E-state index in [1.807, 2.05) is 0 Å². The Morgan fingerprint density at radius 1 is 0.422 bits per heavy atom. The first-order valence-electron chi connectivity index (χ1n) is 18.5. The number of unbranched alkanes of at least 4 members (excludes halogenated alkanes) is 18. The number of esters is 3. The van der Waals surface area contributed by atoms with E-state index >= 15 is 0 Å². The van der Waals surface area contributed by atoms with E-state index < -0.39 is 12.1 Å². The van der Waals surface area contributed by atoms with Crippen molar-refractivity contribution in [2.75, 3.05) is 13.2 Å². The lowest BCUT2D eigenvalue weighted by Crippen LogP contribution is -2.30. The molecule has 0 saturated carbocycles. The summed E-state index contributed by atoms with van der Waals surface area (Å²) in [5, 5.41) is 8.35.